The first-order valence-corrected chi connectivity index (χ1v) is 4.94. The topological polar surface area (TPSA) is 78.9 Å². The first-order chi connectivity index (χ1) is 6.69. The predicted octanol–water partition coefficient (Wildman–Crippen LogP) is 0.381. The SMILES string of the molecule is CCN(CC(N)=NO)C(=O)C1CCC1. The van der Waals surface area contributed by atoms with Crippen molar-refractivity contribution in [3.8, 4) is 0 Å². The fraction of sp³-hybridized carbons (Fsp3) is 0.778. The maximum Gasteiger partial charge on any atom is 0.226 e. The van der Waals surface area contributed by atoms with E-state index < -0.39 is 0 Å². The maximum absolute atomic E-state index is 11.7. The lowest BCUT2D eigenvalue weighted by molar-refractivity contribution is -0.137. The van der Waals surface area contributed by atoms with Crippen molar-refractivity contribution in [1.82, 2.24) is 4.90 Å². The van der Waals surface area contributed by atoms with Crippen molar-refractivity contribution in [3.63, 3.8) is 0 Å². The number of carbonyl (C=O) groups excluding carboxylic acids is 1. The van der Waals surface area contributed by atoms with Crippen LogP contribution in [0.25, 0.3) is 0 Å². The second-order valence-electron chi connectivity index (χ2n) is 3.57. The number of hydrogen-bond donors (Lipinski definition) is 2. The van der Waals surface area contributed by atoms with Crippen LogP contribution in [0.5, 0.6) is 0 Å². The first-order valence-electron chi connectivity index (χ1n) is 4.94. The van der Waals surface area contributed by atoms with Gasteiger partial charge in [-0.3, -0.25) is 4.79 Å². The van der Waals surface area contributed by atoms with Gasteiger partial charge in [-0.2, -0.15) is 0 Å². The summed E-state index contributed by atoms with van der Waals surface area (Å²) in [6.45, 7) is 2.72. The number of amidine groups is 1. The number of nitrogens with zero attached hydrogens (tertiary/aromatic N) is 2. The molecular weight excluding hydrogens is 182 g/mol. The molecule has 0 atom stereocenters. The predicted molar refractivity (Wildman–Crippen MR) is 53.0 cm³/mol. The van der Waals surface area contributed by atoms with Crippen LogP contribution in [0.15, 0.2) is 5.16 Å². The number of hydrogen-bond acceptors (Lipinski definition) is 3. The zero-order chi connectivity index (χ0) is 10.6. The molecule has 0 heterocycles. The quantitative estimate of drug-likeness (QED) is 0.297. The minimum Gasteiger partial charge on any atom is -0.409 e. The van der Waals surface area contributed by atoms with E-state index in [0.29, 0.717) is 6.54 Å². The highest BCUT2D eigenvalue weighted by atomic mass is 16.4. The molecule has 1 saturated carbocycles. The summed E-state index contributed by atoms with van der Waals surface area (Å²) in [5.41, 5.74) is 5.35. The Hall–Kier alpha value is -1.26. The van der Waals surface area contributed by atoms with Crippen LogP contribution in [0.4, 0.5) is 0 Å². The van der Waals surface area contributed by atoms with E-state index in [1.807, 2.05) is 6.92 Å². The Bertz CT molecular complexity index is 236. The first kappa shape index (κ1) is 10.8. The van der Waals surface area contributed by atoms with Crippen molar-refractivity contribution in [2.75, 3.05) is 13.1 Å². The summed E-state index contributed by atoms with van der Waals surface area (Å²) in [5, 5.41) is 11.3. The number of amides is 1. The van der Waals surface area contributed by atoms with Crippen molar-refractivity contribution in [1.29, 1.82) is 0 Å². The lowest BCUT2D eigenvalue weighted by atomic mass is 9.84. The van der Waals surface area contributed by atoms with Crippen molar-refractivity contribution in [3.05, 3.63) is 0 Å². The smallest absolute Gasteiger partial charge is 0.226 e. The summed E-state index contributed by atoms with van der Waals surface area (Å²) in [7, 11) is 0. The van der Waals surface area contributed by atoms with Crippen LogP contribution < -0.4 is 5.73 Å². The zero-order valence-corrected chi connectivity index (χ0v) is 8.44. The van der Waals surface area contributed by atoms with Gasteiger partial charge in [0.15, 0.2) is 5.84 Å². The summed E-state index contributed by atoms with van der Waals surface area (Å²) in [6.07, 6.45) is 3.09. The molecule has 0 saturated heterocycles. The van der Waals surface area contributed by atoms with Gasteiger partial charge in [0.1, 0.15) is 0 Å². The fourth-order valence-electron chi connectivity index (χ4n) is 1.49. The van der Waals surface area contributed by atoms with E-state index in [1.54, 1.807) is 4.90 Å². The number of nitrogens with two attached hydrogens (primary N) is 1. The largest absolute Gasteiger partial charge is 0.409 e. The third-order valence-electron chi connectivity index (χ3n) is 2.63. The standard InChI is InChI=1S/C9H17N3O2/c1-2-12(6-8(10)11-14)9(13)7-4-3-5-7/h7,14H,2-6H2,1H3,(H2,10,11). The van der Waals surface area contributed by atoms with Crippen LogP contribution in [-0.2, 0) is 4.79 Å². The molecule has 14 heavy (non-hydrogen) atoms. The molecule has 0 unspecified atom stereocenters. The van der Waals surface area contributed by atoms with E-state index in [9.17, 15) is 4.79 Å². The molecule has 80 valence electrons. The third-order valence-corrected chi connectivity index (χ3v) is 2.63. The number of carbonyl (C=O) groups is 1. The number of rotatable bonds is 4. The summed E-state index contributed by atoms with van der Waals surface area (Å²) < 4.78 is 0. The molecular formula is C9H17N3O2. The van der Waals surface area contributed by atoms with Crippen molar-refractivity contribution >= 4 is 11.7 Å². The van der Waals surface area contributed by atoms with Gasteiger partial charge < -0.3 is 15.8 Å². The lowest BCUT2D eigenvalue weighted by Gasteiger charge is -2.30. The molecule has 0 aliphatic heterocycles. The van der Waals surface area contributed by atoms with Crippen LogP contribution in [0.1, 0.15) is 26.2 Å². The normalized spacial score (nSPS) is 17.6. The van der Waals surface area contributed by atoms with Crippen molar-refractivity contribution in [2.24, 2.45) is 16.8 Å². The summed E-state index contributed by atoms with van der Waals surface area (Å²) in [4.78, 5) is 13.4. The van der Waals surface area contributed by atoms with Gasteiger partial charge in [-0.05, 0) is 19.8 Å². The molecule has 1 aliphatic carbocycles. The van der Waals surface area contributed by atoms with Gasteiger partial charge in [0.2, 0.25) is 5.91 Å². The second kappa shape index (κ2) is 4.83. The second-order valence-corrected chi connectivity index (χ2v) is 3.57. The van der Waals surface area contributed by atoms with E-state index in [0.717, 1.165) is 19.3 Å². The highest BCUT2D eigenvalue weighted by Gasteiger charge is 2.28. The molecule has 1 aliphatic rings. The van der Waals surface area contributed by atoms with Gasteiger partial charge in [-0.15, -0.1) is 0 Å². The van der Waals surface area contributed by atoms with Gasteiger partial charge in [-0.1, -0.05) is 11.6 Å². The van der Waals surface area contributed by atoms with E-state index in [-0.39, 0.29) is 24.2 Å². The Labute approximate surface area is 83.6 Å². The molecule has 0 aromatic heterocycles. The Kier molecular flexibility index (Phi) is 3.73. The Balaban J connectivity index is 2.47. The molecule has 0 radical (unpaired) electrons. The summed E-state index contributed by atoms with van der Waals surface area (Å²) in [5.74, 6) is 0.381. The molecule has 0 aromatic carbocycles. The van der Waals surface area contributed by atoms with E-state index >= 15 is 0 Å². The van der Waals surface area contributed by atoms with Gasteiger partial charge in [0.25, 0.3) is 0 Å². The Morgan fingerprint density at radius 1 is 1.64 bits per heavy atom. The molecule has 3 N–H and O–H groups in total. The number of likely N-dealkylation sites (N-methyl/N-ethyl adjacent to an activating group) is 1. The lowest BCUT2D eigenvalue weighted by Crippen LogP contribution is -2.43. The average molecular weight is 199 g/mol. The molecule has 0 bridgehead atoms. The van der Waals surface area contributed by atoms with Gasteiger partial charge in [0.05, 0.1) is 6.54 Å². The maximum atomic E-state index is 11.7. The molecule has 5 heteroatoms. The van der Waals surface area contributed by atoms with Gasteiger partial charge in [-0.25, -0.2) is 0 Å². The molecule has 0 aromatic rings. The third kappa shape index (κ3) is 2.37. The minimum absolute atomic E-state index is 0.0829. The van der Waals surface area contributed by atoms with Crippen LogP contribution in [0, 0.1) is 5.92 Å². The molecule has 1 amide bonds. The van der Waals surface area contributed by atoms with Crippen LogP contribution in [-0.4, -0.2) is 34.9 Å². The summed E-state index contributed by atoms with van der Waals surface area (Å²) >= 11 is 0. The minimum atomic E-state index is 0.0829. The van der Waals surface area contributed by atoms with Crippen LogP contribution in [0.2, 0.25) is 0 Å². The molecule has 1 rings (SSSR count). The highest BCUT2D eigenvalue weighted by molar-refractivity contribution is 5.88. The Morgan fingerprint density at radius 3 is 2.64 bits per heavy atom. The summed E-state index contributed by atoms with van der Waals surface area (Å²) in [6, 6.07) is 0. The van der Waals surface area contributed by atoms with E-state index in [4.69, 9.17) is 10.9 Å². The van der Waals surface area contributed by atoms with Crippen LogP contribution in [0.3, 0.4) is 0 Å². The van der Waals surface area contributed by atoms with E-state index in [1.165, 1.54) is 0 Å². The van der Waals surface area contributed by atoms with Crippen LogP contribution >= 0.6 is 0 Å². The highest BCUT2D eigenvalue weighted by Crippen LogP contribution is 2.28. The van der Waals surface area contributed by atoms with Gasteiger partial charge in [0, 0.05) is 12.5 Å². The molecule has 0 spiro atoms. The van der Waals surface area contributed by atoms with Gasteiger partial charge >= 0.3 is 0 Å². The van der Waals surface area contributed by atoms with Crippen molar-refractivity contribution < 1.29 is 10.0 Å². The number of oxime groups is 1. The Morgan fingerprint density at radius 2 is 2.29 bits per heavy atom. The van der Waals surface area contributed by atoms with Crippen molar-refractivity contribution in [2.45, 2.75) is 26.2 Å². The average Bonchev–Trinajstić information content (AvgIpc) is 2.10. The monoisotopic (exact) mass is 199 g/mol. The van der Waals surface area contributed by atoms with E-state index in [2.05, 4.69) is 5.16 Å². The zero-order valence-electron chi connectivity index (χ0n) is 8.44. The fourth-order valence-corrected chi connectivity index (χ4v) is 1.49. The molecule has 5 nitrogen and oxygen atoms in total. The molecule has 1 fully saturated rings.